The Bertz CT molecular complexity index is 441. The number of aryl methyl sites for hydroxylation is 1. The Morgan fingerprint density at radius 2 is 2.05 bits per heavy atom. The number of ether oxygens (including phenoxy) is 1. The molecule has 0 heterocycles. The van der Waals surface area contributed by atoms with Gasteiger partial charge >= 0.3 is 0 Å². The van der Waals surface area contributed by atoms with Crippen LogP contribution in [-0.4, -0.2) is 20.2 Å². The normalized spacial score (nSPS) is 22.2. The molecule has 0 spiro atoms. The van der Waals surface area contributed by atoms with Gasteiger partial charge in [0.2, 0.25) is 0 Å². The predicted octanol–water partition coefficient (Wildman–Crippen LogP) is 4.20. The van der Waals surface area contributed by atoms with E-state index in [0.29, 0.717) is 5.92 Å². The average Bonchev–Trinajstić information content (AvgIpc) is 2.90. The summed E-state index contributed by atoms with van der Waals surface area (Å²) in [4.78, 5) is 0. The van der Waals surface area contributed by atoms with Crippen LogP contribution in [0.5, 0.6) is 5.75 Å². The molecule has 1 N–H and O–H groups in total. The Balaban J connectivity index is 2.19. The molecule has 0 bridgehead atoms. The molecule has 0 radical (unpaired) electrons. The molecule has 2 atom stereocenters. The molecular formula is C18H29NO. The van der Waals surface area contributed by atoms with Crippen molar-refractivity contribution < 1.29 is 4.74 Å². The summed E-state index contributed by atoms with van der Waals surface area (Å²) in [5, 5.41) is 3.60. The maximum Gasteiger partial charge on any atom is 0.125 e. The number of methoxy groups -OCH3 is 1. The van der Waals surface area contributed by atoms with Crippen molar-refractivity contribution in [2.45, 2.75) is 52.4 Å². The third kappa shape index (κ3) is 3.17. The van der Waals surface area contributed by atoms with Crippen LogP contribution in [0.25, 0.3) is 0 Å². The largest absolute Gasteiger partial charge is 0.496 e. The smallest absolute Gasteiger partial charge is 0.125 e. The molecule has 2 nitrogen and oxygen atoms in total. The standard InChI is InChI=1S/C18H29NO/c1-5-11-19-12-15-7-6-8-16(15)17-10-9-13(2)14(3)18(17)20-4/h9-10,15-16,19H,5-8,11-12H2,1-4H3. The number of benzene rings is 1. The van der Waals surface area contributed by atoms with Crippen LogP contribution in [0.2, 0.25) is 0 Å². The minimum Gasteiger partial charge on any atom is -0.496 e. The van der Waals surface area contributed by atoms with Gasteiger partial charge in [-0.15, -0.1) is 0 Å². The minimum absolute atomic E-state index is 0.661. The van der Waals surface area contributed by atoms with Gasteiger partial charge in [-0.25, -0.2) is 0 Å². The van der Waals surface area contributed by atoms with Crippen molar-refractivity contribution in [3.05, 3.63) is 28.8 Å². The maximum atomic E-state index is 5.72. The summed E-state index contributed by atoms with van der Waals surface area (Å²) < 4.78 is 5.72. The molecule has 1 aliphatic carbocycles. The summed E-state index contributed by atoms with van der Waals surface area (Å²) in [5.41, 5.74) is 4.05. The number of hydrogen-bond acceptors (Lipinski definition) is 2. The van der Waals surface area contributed by atoms with Gasteiger partial charge in [0.25, 0.3) is 0 Å². The second-order valence-corrected chi connectivity index (χ2v) is 6.13. The number of hydrogen-bond donors (Lipinski definition) is 1. The van der Waals surface area contributed by atoms with E-state index in [1.165, 1.54) is 42.4 Å². The lowest BCUT2D eigenvalue weighted by Crippen LogP contribution is -2.25. The Kier molecular flexibility index (Phi) is 5.47. The highest BCUT2D eigenvalue weighted by atomic mass is 16.5. The van der Waals surface area contributed by atoms with Crippen molar-refractivity contribution in [2.75, 3.05) is 20.2 Å². The minimum atomic E-state index is 0.661. The molecule has 2 heteroatoms. The molecule has 0 aromatic heterocycles. The van der Waals surface area contributed by atoms with E-state index in [1.54, 1.807) is 0 Å². The van der Waals surface area contributed by atoms with Crippen molar-refractivity contribution >= 4 is 0 Å². The maximum absolute atomic E-state index is 5.72. The van der Waals surface area contributed by atoms with Crippen LogP contribution in [0.3, 0.4) is 0 Å². The summed E-state index contributed by atoms with van der Waals surface area (Å²) in [7, 11) is 1.81. The fraction of sp³-hybridized carbons (Fsp3) is 0.667. The van der Waals surface area contributed by atoms with E-state index in [2.05, 4.69) is 38.2 Å². The lowest BCUT2D eigenvalue weighted by molar-refractivity contribution is 0.386. The van der Waals surface area contributed by atoms with E-state index in [1.807, 2.05) is 7.11 Å². The van der Waals surface area contributed by atoms with Crippen LogP contribution in [0.1, 0.15) is 55.2 Å². The van der Waals surface area contributed by atoms with Crippen LogP contribution < -0.4 is 10.1 Å². The molecule has 1 fully saturated rings. The summed E-state index contributed by atoms with van der Waals surface area (Å²) in [6, 6.07) is 4.55. The lowest BCUT2D eigenvalue weighted by Gasteiger charge is -2.24. The van der Waals surface area contributed by atoms with Gasteiger partial charge in [0.15, 0.2) is 0 Å². The second kappa shape index (κ2) is 7.12. The van der Waals surface area contributed by atoms with Gasteiger partial charge in [-0.3, -0.25) is 0 Å². The van der Waals surface area contributed by atoms with E-state index in [9.17, 15) is 0 Å². The van der Waals surface area contributed by atoms with Crippen LogP contribution in [0.4, 0.5) is 0 Å². The van der Waals surface area contributed by atoms with Crippen molar-refractivity contribution in [1.82, 2.24) is 5.32 Å². The topological polar surface area (TPSA) is 21.3 Å². The quantitative estimate of drug-likeness (QED) is 0.786. The molecule has 2 rings (SSSR count). The second-order valence-electron chi connectivity index (χ2n) is 6.13. The fourth-order valence-corrected chi connectivity index (χ4v) is 3.53. The number of rotatable bonds is 6. The zero-order valence-corrected chi connectivity index (χ0v) is 13.5. The lowest BCUT2D eigenvalue weighted by atomic mass is 9.86. The van der Waals surface area contributed by atoms with Crippen LogP contribution in [0.15, 0.2) is 12.1 Å². The number of nitrogens with one attached hydrogen (secondary N) is 1. The van der Waals surface area contributed by atoms with Gasteiger partial charge in [-0.05, 0) is 74.7 Å². The first kappa shape index (κ1) is 15.4. The molecule has 1 aromatic carbocycles. The van der Waals surface area contributed by atoms with Crippen molar-refractivity contribution in [3.63, 3.8) is 0 Å². The van der Waals surface area contributed by atoms with Crippen LogP contribution >= 0.6 is 0 Å². The Morgan fingerprint density at radius 1 is 1.25 bits per heavy atom. The van der Waals surface area contributed by atoms with Gasteiger partial charge < -0.3 is 10.1 Å². The Morgan fingerprint density at radius 3 is 2.75 bits per heavy atom. The summed E-state index contributed by atoms with van der Waals surface area (Å²) in [6.45, 7) is 8.85. The first-order chi connectivity index (χ1) is 9.69. The molecular weight excluding hydrogens is 246 g/mol. The highest BCUT2D eigenvalue weighted by molar-refractivity contribution is 5.47. The van der Waals surface area contributed by atoms with E-state index < -0.39 is 0 Å². The highest BCUT2D eigenvalue weighted by Crippen LogP contribution is 2.44. The summed E-state index contributed by atoms with van der Waals surface area (Å²) in [5.74, 6) is 2.54. The highest BCUT2D eigenvalue weighted by Gasteiger charge is 2.30. The van der Waals surface area contributed by atoms with Crippen molar-refractivity contribution in [2.24, 2.45) is 5.92 Å². The van der Waals surface area contributed by atoms with Gasteiger partial charge in [0, 0.05) is 0 Å². The van der Waals surface area contributed by atoms with Gasteiger partial charge in [-0.1, -0.05) is 25.5 Å². The fourth-order valence-electron chi connectivity index (χ4n) is 3.53. The van der Waals surface area contributed by atoms with Gasteiger partial charge in [0.1, 0.15) is 5.75 Å². The van der Waals surface area contributed by atoms with E-state index in [4.69, 9.17) is 4.74 Å². The Labute approximate surface area is 123 Å². The summed E-state index contributed by atoms with van der Waals surface area (Å²) in [6.07, 6.45) is 5.21. The Hall–Kier alpha value is -1.02. The van der Waals surface area contributed by atoms with Crippen molar-refractivity contribution in [1.29, 1.82) is 0 Å². The van der Waals surface area contributed by atoms with Gasteiger partial charge in [0.05, 0.1) is 7.11 Å². The molecule has 1 aliphatic rings. The summed E-state index contributed by atoms with van der Waals surface area (Å²) >= 11 is 0. The van der Waals surface area contributed by atoms with E-state index in [0.717, 1.165) is 24.8 Å². The molecule has 20 heavy (non-hydrogen) atoms. The van der Waals surface area contributed by atoms with Crippen LogP contribution in [0, 0.1) is 19.8 Å². The van der Waals surface area contributed by atoms with Gasteiger partial charge in [-0.2, -0.15) is 0 Å². The molecule has 0 amide bonds. The molecule has 0 aliphatic heterocycles. The predicted molar refractivity (Wildman–Crippen MR) is 85.7 cm³/mol. The SMILES string of the molecule is CCCNCC1CCCC1c1ccc(C)c(C)c1OC. The molecule has 0 saturated heterocycles. The molecule has 1 saturated carbocycles. The average molecular weight is 275 g/mol. The zero-order valence-electron chi connectivity index (χ0n) is 13.5. The van der Waals surface area contributed by atoms with Crippen LogP contribution in [-0.2, 0) is 0 Å². The third-order valence-electron chi connectivity index (χ3n) is 4.80. The van der Waals surface area contributed by atoms with E-state index in [-0.39, 0.29) is 0 Å². The first-order valence-corrected chi connectivity index (χ1v) is 8.03. The van der Waals surface area contributed by atoms with Crippen molar-refractivity contribution in [3.8, 4) is 5.75 Å². The zero-order chi connectivity index (χ0) is 14.5. The molecule has 1 aromatic rings. The third-order valence-corrected chi connectivity index (χ3v) is 4.80. The monoisotopic (exact) mass is 275 g/mol. The first-order valence-electron chi connectivity index (χ1n) is 8.03. The molecule has 112 valence electrons. The van der Waals surface area contributed by atoms with E-state index >= 15 is 0 Å². The molecule has 2 unspecified atom stereocenters.